The van der Waals surface area contributed by atoms with Crippen molar-refractivity contribution >= 4 is 0 Å². The minimum Gasteiger partial charge on any atom is -0.469 e. The van der Waals surface area contributed by atoms with E-state index in [1.807, 2.05) is 26.1 Å². The molecule has 0 fully saturated rings. The Morgan fingerprint density at radius 2 is 2.11 bits per heavy atom. The van der Waals surface area contributed by atoms with Crippen LogP contribution in [0.25, 0.3) is 0 Å². The van der Waals surface area contributed by atoms with E-state index in [1.165, 1.54) is 11.6 Å². The highest BCUT2D eigenvalue weighted by Gasteiger charge is 2.16. The van der Waals surface area contributed by atoms with Gasteiger partial charge in [0.25, 0.3) is 0 Å². The SMILES string of the molecule is CCc1occc1C(Cc1ccc(F)cc1C)NC. The van der Waals surface area contributed by atoms with Gasteiger partial charge in [-0.25, -0.2) is 4.39 Å². The second-order valence-electron chi connectivity index (χ2n) is 4.77. The monoisotopic (exact) mass is 261 g/mol. The Balaban J connectivity index is 2.24. The summed E-state index contributed by atoms with van der Waals surface area (Å²) in [7, 11) is 1.94. The van der Waals surface area contributed by atoms with Crippen LogP contribution in [0.5, 0.6) is 0 Å². The fourth-order valence-electron chi connectivity index (χ4n) is 2.42. The number of benzene rings is 1. The van der Waals surface area contributed by atoms with Gasteiger partial charge in [-0.05, 0) is 49.7 Å². The molecule has 0 saturated carbocycles. The maximum absolute atomic E-state index is 13.1. The third kappa shape index (κ3) is 3.04. The Kier molecular flexibility index (Phi) is 4.38. The summed E-state index contributed by atoms with van der Waals surface area (Å²) in [5.41, 5.74) is 3.33. The zero-order valence-electron chi connectivity index (χ0n) is 11.7. The average molecular weight is 261 g/mol. The van der Waals surface area contributed by atoms with Gasteiger partial charge >= 0.3 is 0 Å². The molecule has 1 atom stereocenters. The van der Waals surface area contributed by atoms with Gasteiger partial charge in [-0.2, -0.15) is 0 Å². The molecule has 0 aliphatic rings. The number of hydrogen-bond donors (Lipinski definition) is 1. The smallest absolute Gasteiger partial charge is 0.123 e. The summed E-state index contributed by atoms with van der Waals surface area (Å²) in [6.07, 6.45) is 3.44. The summed E-state index contributed by atoms with van der Waals surface area (Å²) >= 11 is 0. The van der Waals surface area contributed by atoms with Crippen molar-refractivity contribution in [1.29, 1.82) is 0 Å². The summed E-state index contributed by atoms with van der Waals surface area (Å²) in [6.45, 7) is 4.03. The van der Waals surface area contributed by atoms with Crippen LogP contribution in [0.4, 0.5) is 4.39 Å². The first-order valence-corrected chi connectivity index (χ1v) is 6.64. The van der Waals surface area contributed by atoms with Gasteiger partial charge in [0, 0.05) is 18.0 Å². The molecule has 0 aliphatic heterocycles. The van der Waals surface area contributed by atoms with Crippen molar-refractivity contribution < 1.29 is 8.81 Å². The van der Waals surface area contributed by atoms with Crippen LogP contribution in [0.1, 0.15) is 35.4 Å². The van der Waals surface area contributed by atoms with E-state index in [9.17, 15) is 4.39 Å². The zero-order valence-corrected chi connectivity index (χ0v) is 11.7. The summed E-state index contributed by atoms with van der Waals surface area (Å²) < 4.78 is 18.6. The van der Waals surface area contributed by atoms with Crippen LogP contribution in [-0.4, -0.2) is 7.05 Å². The van der Waals surface area contributed by atoms with Crippen molar-refractivity contribution in [3.05, 3.63) is 58.8 Å². The molecule has 1 N–H and O–H groups in total. The van der Waals surface area contributed by atoms with Crippen LogP contribution < -0.4 is 5.32 Å². The van der Waals surface area contributed by atoms with Crippen LogP contribution in [-0.2, 0) is 12.8 Å². The van der Waals surface area contributed by atoms with E-state index in [4.69, 9.17) is 4.42 Å². The van der Waals surface area contributed by atoms with E-state index in [-0.39, 0.29) is 11.9 Å². The molecule has 3 heteroatoms. The van der Waals surface area contributed by atoms with Crippen molar-refractivity contribution in [2.75, 3.05) is 7.05 Å². The number of rotatable bonds is 5. The third-order valence-electron chi connectivity index (χ3n) is 3.55. The lowest BCUT2D eigenvalue weighted by Gasteiger charge is -2.17. The number of aryl methyl sites for hydroxylation is 2. The third-order valence-corrected chi connectivity index (χ3v) is 3.55. The molecule has 0 bridgehead atoms. The van der Waals surface area contributed by atoms with Crippen molar-refractivity contribution in [3.63, 3.8) is 0 Å². The van der Waals surface area contributed by atoms with Gasteiger partial charge in [0.15, 0.2) is 0 Å². The molecule has 19 heavy (non-hydrogen) atoms. The van der Waals surface area contributed by atoms with Crippen LogP contribution in [0.2, 0.25) is 0 Å². The molecule has 102 valence electrons. The average Bonchev–Trinajstić information content (AvgIpc) is 2.86. The molecule has 0 spiro atoms. The predicted octanol–water partition coefficient (Wildman–Crippen LogP) is 3.79. The topological polar surface area (TPSA) is 25.2 Å². The molecule has 1 heterocycles. The number of nitrogens with one attached hydrogen (secondary N) is 1. The van der Waals surface area contributed by atoms with E-state index in [1.54, 1.807) is 12.3 Å². The minimum atomic E-state index is -0.181. The lowest BCUT2D eigenvalue weighted by molar-refractivity contribution is 0.495. The fourth-order valence-corrected chi connectivity index (χ4v) is 2.42. The van der Waals surface area contributed by atoms with E-state index in [0.717, 1.165) is 29.7 Å². The van der Waals surface area contributed by atoms with Crippen LogP contribution in [0.15, 0.2) is 34.9 Å². The highest BCUT2D eigenvalue weighted by molar-refractivity contribution is 5.30. The van der Waals surface area contributed by atoms with Gasteiger partial charge in [-0.15, -0.1) is 0 Å². The Labute approximate surface area is 113 Å². The van der Waals surface area contributed by atoms with Gasteiger partial charge in [-0.1, -0.05) is 13.0 Å². The van der Waals surface area contributed by atoms with E-state index >= 15 is 0 Å². The molecule has 2 nitrogen and oxygen atoms in total. The molecular weight excluding hydrogens is 241 g/mol. The first-order chi connectivity index (χ1) is 9.15. The number of halogens is 1. The predicted molar refractivity (Wildman–Crippen MR) is 74.7 cm³/mol. The highest BCUT2D eigenvalue weighted by Crippen LogP contribution is 2.25. The fraction of sp³-hybridized carbons (Fsp3) is 0.375. The number of furan rings is 1. The Morgan fingerprint density at radius 1 is 1.32 bits per heavy atom. The standard InChI is InChI=1S/C16H20FNO/c1-4-16-14(7-8-19-16)15(18-3)10-12-5-6-13(17)9-11(12)2/h5-9,15,18H,4,10H2,1-3H3. The van der Waals surface area contributed by atoms with Crippen LogP contribution in [0, 0.1) is 12.7 Å². The van der Waals surface area contributed by atoms with E-state index in [0.29, 0.717) is 0 Å². The second-order valence-corrected chi connectivity index (χ2v) is 4.77. The van der Waals surface area contributed by atoms with E-state index in [2.05, 4.69) is 12.2 Å². The summed E-state index contributed by atoms with van der Waals surface area (Å²) in [5.74, 6) is 0.832. The first-order valence-electron chi connectivity index (χ1n) is 6.64. The van der Waals surface area contributed by atoms with Gasteiger partial charge in [-0.3, -0.25) is 0 Å². The molecule has 1 aromatic heterocycles. The lowest BCUT2D eigenvalue weighted by atomic mass is 9.96. The maximum atomic E-state index is 13.1. The van der Waals surface area contributed by atoms with Gasteiger partial charge < -0.3 is 9.73 Å². The van der Waals surface area contributed by atoms with Crippen LogP contribution >= 0.6 is 0 Å². The van der Waals surface area contributed by atoms with Crippen molar-refractivity contribution in [3.8, 4) is 0 Å². The quantitative estimate of drug-likeness (QED) is 0.885. The van der Waals surface area contributed by atoms with Gasteiger partial charge in [0.1, 0.15) is 11.6 Å². The summed E-state index contributed by atoms with van der Waals surface area (Å²) in [4.78, 5) is 0. The van der Waals surface area contributed by atoms with Gasteiger partial charge in [0.05, 0.1) is 6.26 Å². The van der Waals surface area contributed by atoms with Crippen molar-refractivity contribution in [1.82, 2.24) is 5.32 Å². The molecule has 2 rings (SSSR count). The van der Waals surface area contributed by atoms with Crippen molar-refractivity contribution in [2.45, 2.75) is 32.7 Å². The maximum Gasteiger partial charge on any atom is 0.123 e. The molecule has 0 radical (unpaired) electrons. The number of likely N-dealkylation sites (N-methyl/N-ethyl adjacent to an activating group) is 1. The van der Waals surface area contributed by atoms with E-state index < -0.39 is 0 Å². The summed E-state index contributed by atoms with van der Waals surface area (Å²) in [6, 6.07) is 7.17. The van der Waals surface area contributed by atoms with Crippen molar-refractivity contribution in [2.24, 2.45) is 0 Å². The number of hydrogen-bond acceptors (Lipinski definition) is 2. The first kappa shape index (κ1) is 13.8. The molecule has 0 saturated heterocycles. The molecule has 1 unspecified atom stereocenters. The van der Waals surface area contributed by atoms with Gasteiger partial charge in [0.2, 0.25) is 0 Å². The zero-order chi connectivity index (χ0) is 13.8. The molecule has 0 aliphatic carbocycles. The largest absolute Gasteiger partial charge is 0.469 e. The Morgan fingerprint density at radius 3 is 2.74 bits per heavy atom. The summed E-state index contributed by atoms with van der Waals surface area (Å²) in [5, 5.41) is 3.32. The second kappa shape index (κ2) is 6.02. The molecule has 1 aromatic carbocycles. The molecule has 2 aromatic rings. The molecule has 0 amide bonds. The highest BCUT2D eigenvalue weighted by atomic mass is 19.1. The normalized spacial score (nSPS) is 12.6. The van der Waals surface area contributed by atoms with Crippen LogP contribution in [0.3, 0.4) is 0 Å². The minimum absolute atomic E-state index is 0.181. The Bertz CT molecular complexity index is 547. The Hall–Kier alpha value is -1.61. The molecular formula is C16H20FNO. The lowest BCUT2D eigenvalue weighted by Crippen LogP contribution is -2.19.